The van der Waals surface area contributed by atoms with Gasteiger partial charge in [-0.15, -0.1) is 11.3 Å². The van der Waals surface area contributed by atoms with Gasteiger partial charge in [0.05, 0.1) is 10.8 Å². The molecule has 2 N–H and O–H groups in total. The van der Waals surface area contributed by atoms with Crippen molar-refractivity contribution in [1.82, 2.24) is 5.32 Å². The van der Waals surface area contributed by atoms with Crippen molar-refractivity contribution in [2.45, 2.75) is 32.7 Å². The number of aliphatic carboxylic acids is 1. The predicted octanol–water partition coefficient (Wildman–Crippen LogP) is 2.56. The van der Waals surface area contributed by atoms with Crippen LogP contribution in [0.25, 0.3) is 0 Å². The zero-order chi connectivity index (χ0) is 13.7. The molecule has 1 heterocycles. The van der Waals surface area contributed by atoms with Gasteiger partial charge in [0.1, 0.15) is 6.04 Å². The molecule has 6 heteroatoms. The Balaban J connectivity index is 2.53. The fraction of sp³-hybridized carbons (Fsp3) is 0.500. The smallest absolute Gasteiger partial charge is 0.326 e. The van der Waals surface area contributed by atoms with E-state index in [2.05, 4.69) is 5.32 Å². The average molecular weight is 290 g/mol. The molecule has 0 spiro atoms. The lowest BCUT2D eigenvalue weighted by molar-refractivity contribution is -0.142. The van der Waals surface area contributed by atoms with Crippen LogP contribution in [-0.2, 0) is 16.0 Å². The second-order valence-electron chi connectivity index (χ2n) is 4.47. The Morgan fingerprint density at radius 1 is 1.44 bits per heavy atom. The second kappa shape index (κ2) is 6.75. The van der Waals surface area contributed by atoms with Crippen LogP contribution in [0, 0.1) is 5.92 Å². The molecule has 0 radical (unpaired) electrons. The number of rotatable bonds is 6. The van der Waals surface area contributed by atoms with Gasteiger partial charge >= 0.3 is 5.97 Å². The van der Waals surface area contributed by atoms with Crippen molar-refractivity contribution in [2.75, 3.05) is 0 Å². The number of thiophene rings is 1. The van der Waals surface area contributed by atoms with E-state index in [1.807, 2.05) is 13.8 Å². The molecule has 18 heavy (non-hydrogen) atoms. The molecule has 1 aromatic heterocycles. The summed E-state index contributed by atoms with van der Waals surface area (Å²) in [6.07, 6.45) is 0.589. The summed E-state index contributed by atoms with van der Waals surface area (Å²) < 4.78 is 0.620. The maximum atomic E-state index is 11.7. The topological polar surface area (TPSA) is 66.4 Å². The molecule has 0 aliphatic carbocycles. The van der Waals surface area contributed by atoms with Gasteiger partial charge in [-0.25, -0.2) is 4.79 Å². The van der Waals surface area contributed by atoms with Gasteiger partial charge in [0.15, 0.2) is 0 Å². The minimum absolute atomic E-state index is 0.166. The first-order valence-electron chi connectivity index (χ1n) is 5.65. The van der Waals surface area contributed by atoms with E-state index in [0.717, 1.165) is 4.88 Å². The lowest BCUT2D eigenvalue weighted by Gasteiger charge is -2.16. The Hall–Kier alpha value is -1.07. The lowest BCUT2D eigenvalue weighted by Crippen LogP contribution is -2.42. The fourth-order valence-electron chi connectivity index (χ4n) is 1.54. The zero-order valence-electron chi connectivity index (χ0n) is 10.3. The number of amides is 1. The first kappa shape index (κ1) is 15.0. The Kier molecular flexibility index (Phi) is 5.62. The van der Waals surface area contributed by atoms with Gasteiger partial charge in [-0.05, 0) is 24.5 Å². The third-order valence-electron chi connectivity index (χ3n) is 2.30. The van der Waals surface area contributed by atoms with Crippen LogP contribution in [0.3, 0.4) is 0 Å². The van der Waals surface area contributed by atoms with Gasteiger partial charge < -0.3 is 10.4 Å². The van der Waals surface area contributed by atoms with Gasteiger partial charge in [0.25, 0.3) is 0 Å². The van der Waals surface area contributed by atoms with Crippen LogP contribution in [0.15, 0.2) is 12.1 Å². The van der Waals surface area contributed by atoms with Crippen molar-refractivity contribution in [3.8, 4) is 0 Å². The van der Waals surface area contributed by atoms with Crippen molar-refractivity contribution in [3.05, 3.63) is 21.3 Å². The van der Waals surface area contributed by atoms with E-state index < -0.39 is 12.0 Å². The van der Waals surface area contributed by atoms with Crippen molar-refractivity contribution in [1.29, 1.82) is 0 Å². The highest BCUT2D eigenvalue weighted by molar-refractivity contribution is 7.16. The van der Waals surface area contributed by atoms with Gasteiger partial charge in [-0.1, -0.05) is 25.4 Å². The van der Waals surface area contributed by atoms with Crippen LogP contribution < -0.4 is 5.32 Å². The van der Waals surface area contributed by atoms with Crippen molar-refractivity contribution in [2.24, 2.45) is 5.92 Å². The summed E-state index contributed by atoms with van der Waals surface area (Å²) in [5.41, 5.74) is 0. The minimum atomic E-state index is -0.999. The van der Waals surface area contributed by atoms with E-state index in [0.29, 0.717) is 10.8 Å². The van der Waals surface area contributed by atoms with E-state index in [4.69, 9.17) is 16.7 Å². The first-order valence-corrected chi connectivity index (χ1v) is 6.84. The zero-order valence-corrected chi connectivity index (χ0v) is 11.8. The van der Waals surface area contributed by atoms with E-state index in [-0.39, 0.29) is 18.2 Å². The number of carbonyl (C=O) groups is 2. The molecule has 0 aliphatic rings. The molecule has 1 atom stereocenters. The second-order valence-corrected chi connectivity index (χ2v) is 6.27. The highest BCUT2D eigenvalue weighted by atomic mass is 35.5. The number of hydrogen-bond acceptors (Lipinski definition) is 3. The number of hydrogen-bond donors (Lipinski definition) is 2. The Bertz CT molecular complexity index is 431. The highest BCUT2D eigenvalue weighted by Crippen LogP contribution is 2.21. The van der Waals surface area contributed by atoms with Crippen LogP contribution in [0.4, 0.5) is 0 Å². The Morgan fingerprint density at radius 2 is 2.11 bits per heavy atom. The Morgan fingerprint density at radius 3 is 2.56 bits per heavy atom. The molecule has 1 amide bonds. The molecule has 0 saturated heterocycles. The molecule has 0 bridgehead atoms. The number of carbonyl (C=O) groups excluding carboxylic acids is 1. The maximum absolute atomic E-state index is 11.7. The van der Waals surface area contributed by atoms with Crippen LogP contribution >= 0.6 is 22.9 Å². The van der Waals surface area contributed by atoms with Crippen LogP contribution in [0.5, 0.6) is 0 Å². The van der Waals surface area contributed by atoms with Gasteiger partial charge in [0.2, 0.25) is 5.91 Å². The number of carboxylic acids is 1. The normalized spacial score (nSPS) is 12.4. The largest absolute Gasteiger partial charge is 0.480 e. The highest BCUT2D eigenvalue weighted by Gasteiger charge is 2.21. The van der Waals surface area contributed by atoms with E-state index in [1.165, 1.54) is 11.3 Å². The van der Waals surface area contributed by atoms with Gasteiger partial charge in [0, 0.05) is 4.88 Å². The molecule has 1 rings (SSSR count). The molecule has 1 aromatic rings. The molecule has 4 nitrogen and oxygen atoms in total. The summed E-state index contributed by atoms with van der Waals surface area (Å²) in [6, 6.07) is 2.66. The van der Waals surface area contributed by atoms with Crippen LogP contribution in [-0.4, -0.2) is 23.0 Å². The van der Waals surface area contributed by atoms with Crippen molar-refractivity contribution in [3.63, 3.8) is 0 Å². The first-order chi connectivity index (χ1) is 8.38. The number of halogens is 1. The van der Waals surface area contributed by atoms with Crippen LogP contribution in [0.1, 0.15) is 25.1 Å². The Labute approximate surface area is 115 Å². The maximum Gasteiger partial charge on any atom is 0.326 e. The molecule has 0 aromatic carbocycles. The van der Waals surface area contributed by atoms with E-state index in [1.54, 1.807) is 12.1 Å². The monoisotopic (exact) mass is 289 g/mol. The molecule has 0 saturated carbocycles. The number of carboxylic acid groups (broad SMARTS) is 1. The van der Waals surface area contributed by atoms with Crippen molar-refractivity contribution >= 4 is 34.8 Å². The summed E-state index contributed by atoms with van der Waals surface area (Å²) >= 11 is 7.08. The molecule has 0 aliphatic heterocycles. The van der Waals surface area contributed by atoms with E-state index >= 15 is 0 Å². The summed E-state index contributed by atoms with van der Waals surface area (Å²) in [4.78, 5) is 23.5. The molecule has 100 valence electrons. The number of nitrogens with one attached hydrogen (secondary N) is 1. The summed E-state index contributed by atoms with van der Waals surface area (Å²) in [5, 5.41) is 11.5. The SMILES string of the molecule is CC(C)C[C@@H](NC(=O)Cc1ccc(Cl)s1)C(=O)O. The third kappa shape index (κ3) is 5.06. The molecule has 0 fully saturated rings. The molecule has 0 unspecified atom stereocenters. The fourth-order valence-corrected chi connectivity index (χ4v) is 2.63. The molecular formula is C12H16ClNO3S. The quantitative estimate of drug-likeness (QED) is 0.846. The average Bonchev–Trinajstić information content (AvgIpc) is 2.62. The predicted molar refractivity (Wildman–Crippen MR) is 72.1 cm³/mol. The van der Waals surface area contributed by atoms with Crippen LogP contribution in [0.2, 0.25) is 4.34 Å². The van der Waals surface area contributed by atoms with Crippen molar-refractivity contribution < 1.29 is 14.7 Å². The van der Waals surface area contributed by atoms with E-state index in [9.17, 15) is 9.59 Å². The van der Waals surface area contributed by atoms with Gasteiger partial charge in [-0.3, -0.25) is 4.79 Å². The minimum Gasteiger partial charge on any atom is -0.480 e. The summed E-state index contributed by atoms with van der Waals surface area (Å²) in [6.45, 7) is 3.84. The summed E-state index contributed by atoms with van der Waals surface area (Å²) in [7, 11) is 0. The lowest BCUT2D eigenvalue weighted by atomic mass is 10.0. The standard InChI is InChI=1S/C12H16ClNO3S/c1-7(2)5-9(12(16)17)14-11(15)6-8-3-4-10(13)18-8/h3-4,7,9H,5-6H2,1-2H3,(H,14,15)(H,16,17)/t9-/m1/s1. The van der Waals surface area contributed by atoms with Gasteiger partial charge in [-0.2, -0.15) is 0 Å². The summed E-state index contributed by atoms with van der Waals surface area (Å²) in [5.74, 6) is -1.08. The molecular weight excluding hydrogens is 274 g/mol. The third-order valence-corrected chi connectivity index (χ3v) is 3.54.